The van der Waals surface area contributed by atoms with Crippen LogP contribution in [0.15, 0.2) is 36.4 Å². The number of carbonyl (C=O) groups excluding carboxylic acids is 1. The van der Waals surface area contributed by atoms with Gasteiger partial charge in [0.2, 0.25) is 0 Å². The summed E-state index contributed by atoms with van der Waals surface area (Å²) in [6, 6.07) is 8.26. The monoisotopic (exact) mass is 224 g/mol. The number of hydrogen-bond acceptors (Lipinski definition) is 1. The van der Waals surface area contributed by atoms with E-state index >= 15 is 0 Å². The van der Waals surface area contributed by atoms with Crippen LogP contribution in [0.1, 0.15) is 25.7 Å². The van der Waals surface area contributed by atoms with Crippen LogP contribution in [0, 0.1) is 5.92 Å². The first-order valence-corrected chi connectivity index (χ1v) is 6.35. The summed E-state index contributed by atoms with van der Waals surface area (Å²) in [6.45, 7) is 0. The predicted molar refractivity (Wildman–Crippen MR) is 69.7 cm³/mol. The highest BCUT2D eigenvalue weighted by atomic mass is 16.1. The SMILES string of the molecule is O=C1CCCC2CC=CC=c3cccc/c3=C\12. The number of fused-ring (bicyclic) bond motifs is 2. The number of hydrogen-bond donors (Lipinski definition) is 0. The number of benzene rings is 1. The van der Waals surface area contributed by atoms with Gasteiger partial charge in [-0.1, -0.05) is 42.5 Å². The maximum Gasteiger partial charge on any atom is 0.159 e. The molecule has 17 heavy (non-hydrogen) atoms. The number of ketones is 1. The molecule has 0 aliphatic heterocycles. The summed E-state index contributed by atoms with van der Waals surface area (Å²) >= 11 is 0. The summed E-state index contributed by atoms with van der Waals surface area (Å²) < 4.78 is 0. The molecule has 0 radical (unpaired) electrons. The molecule has 2 aliphatic rings. The standard InChI is InChI=1S/C16H16O/c17-15-11-5-9-13-8-2-1-6-12-7-3-4-10-14(12)16(13)15/h1-4,6-7,10,13H,5,8-9,11H2/b2-1?,12-6?,16-14+. The molecule has 0 N–H and O–H groups in total. The molecule has 86 valence electrons. The predicted octanol–water partition coefficient (Wildman–Crippen LogP) is 1.95. The average Bonchev–Trinajstić information content (AvgIpc) is 2.32. The first kappa shape index (κ1) is 10.5. The van der Waals surface area contributed by atoms with Crippen LogP contribution >= 0.6 is 0 Å². The normalized spacial score (nSPS) is 26.4. The zero-order chi connectivity index (χ0) is 11.7. The molecule has 1 fully saturated rings. The fourth-order valence-electron chi connectivity index (χ4n) is 2.92. The molecular formula is C16H16O. The van der Waals surface area contributed by atoms with Crippen molar-refractivity contribution in [3.05, 3.63) is 46.9 Å². The third-order valence-corrected chi connectivity index (χ3v) is 3.75. The van der Waals surface area contributed by atoms with Crippen molar-refractivity contribution >= 4 is 17.4 Å². The zero-order valence-corrected chi connectivity index (χ0v) is 9.86. The van der Waals surface area contributed by atoms with Gasteiger partial charge < -0.3 is 0 Å². The lowest BCUT2D eigenvalue weighted by atomic mass is 9.79. The fraction of sp³-hybridized carbons (Fsp3) is 0.312. The lowest BCUT2D eigenvalue weighted by molar-refractivity contribution is -0.115. The third kappa shape index (κ3) is 1.86. The topological polar surface area (TPSA) is 17.1 Å². The molecule has 1 heteroatoms. The number of carbonyl (C=O) groups is 1. The van der Waals surface area contributed by atoms with Crippen LogP contribution in [0.5, 0.6) is 0 Å². The van der Waals surface area contributed by atoms with Gasteiger partial charge in [-0.3, -0.25) is 4.79 Å². The lowest BCUT2D eigenvalue weighted by Gasteiger charge is -2.24. The quantitative estimate of drug-likeness (QED) is 0.658. The van der Waals surface area contributed by atoms with Crippen LogP contribution < -0.4 is 10.4 Å². The van der Waals surface area contributed by atoms with Gasteiger partial charge in [0.05, 0.1) is 0 Å². The first-order valence-electron chi connectivity index (χ1n) is 6.35. The lowest BCUT2D eigenvalue weighted by Crippen LogP contribution is -2.34. The largest absolute Gasteiger partial charge is 0.295 e. The number of rotatable bonds is 0. The summed E-state index contributed by atoms with van der Waals surface area (Å²) in [7, 11) is 0. The van der Waals surface area contributed by atoms with Crippen molar-refractivity contribution in [2.24, 2.45) is 5.92 Å². The van der Waals surface area contributed by atoms with E-state index in [-0.39, 0.29) is 0 Å². The van der Waals surface area contributed by atoms with Crippen LogP contribution in [0.3, 0.4) is 0 Å². The van der Waals surface area contributed by atoms with Crippen LogP contribution in [-0.4, -0.2) is 5.78 Å². The Morgan fingerprint density at radius 2 is 2.06 bits per heavy atom. The van der Waals surface area contributed by atoms with Gasteiger partial charge in [0.1, 0.15) is 0 Å². The molecule has 1 nitrogen and oxygen atoms in total. The van der Waals surface area contributed by atoms with Crippen LogP contribution in [-0.2, 0) is 4.79 Å². The van der Waals surface area contributed by atoms with Crippen molar-refractivity contribution in [2.75, 3.05) is 0 Å². The van der Waals surface area contributed by atoms with E-state index in [2.05, 4.69) is 30.4 Å². The van der Waals surface area contributed by atoms with Gasteiger partial charge in [0.15, 0.2) is 5.78 Å². The Hall–Kier alpha value is -1.63. The maximum atomic E-state index is 12.2. The molecule has 0 amide bonds. The smallest absolute Gasteiger partial charge is 0.159 e. The van der Waals surface area contributed by atoms with Crippen LogP contribution in [0.25, 0.3) is 11.6 Å². The molecule has 1 saturated carbocycles. The van der Waals surface area contributed by atoms with Gasteiger partial charge in [-0.25, -0.2) is 0 Å². The van der Waals surface area contributed by atoms with E-state index in [0.717, 1.165) is 36.5 Å². The third-order valence-electron chi connectivity index (χ3n) is 3.75. The van der Waals surface area contributed by atoms with Crippen LogP contribution in [0.2, 0.25) is 0 Å². The van der Waals surface area contributed by atoms with Gasteiger partial charge in [-0.15, -0.1) is 0 Å². The van der Waals surface area contributed by atoms with Gasteiger partial charge >= 0.3 is 0 Å². The average molecular weight is 224 g/mol. The number of Topliss-reactive ketones (excluding diaryl/α,β-unsaturated/α-hetero) is 1. The molecule has 1 aromatic rings. The molecular weight excluding hydrogens is 208 g/mol. The summed E-state index contributed by atoms with van der Waals surface area (Å²) in [5.74, 6) is 0.791. The number of allylic oxidation sites excluding steroid dienone is 2. The van der Waals surface area contributed by atoms with Crippen molar-refractivity contribution in [1.82, 2.24) is 0 Å². The second kappa shape index (κ2) is 4.33. The van der Waals surface area contributed by atoms with E-state index in [1.807, 2.05) is 12.1 Å². The van der Waals surface area contributed by atoms with Gasteiger partial charge in [0, 0.05) is 12.0 Å². The Balaban J connectivity index is 2.36. The Bertz CT molecular complexity index is 592. The molecule has 0 aromatic heterocycles. The van der Waals surface area contributed by atoms with Crippen molar-refractivity contribution in [2.45, 2.75) is 25.7 Å². The van der Waals surface area contributed by atoms with E-state index in [9.17, 15) is 4.79 Å². The molecule has 0 saturated heterocycles. The summed E-state index contributed by atoms with van der Waals surface area (Å²) in [6.07, 6.45) is 10.4. The van der Waals surface area contributed by atoms with Gasteiger partial charge in [-0.2, -0.15) is 0 Å². The minimum atomic E-state index is 0.359. The zero-order valence-electron chi connectivity index (χ0n) is 9.86. The Labute approximate surface area is 101 Å². The molecule has 1 atom stereocenters. The molecule has 3 rings (SSSR count). The Morgan fingerprint density at radius 1 is 1.18 bits per heavy atom. The second-order valence-corrected chi connectivity index (χ2v) is 4.84. The van der Waals surface area contributed by atoms with Gasteiger partial charge in [-0.05, 0) is 35.6 Å². The first-order chi connectivity index (χ1) is 8.36. The summed E-state index contributed by atoms with van der Waals surface area (Å²) in [5.41, 5.74) is 1.08. The highest BCUT2D eigenvalue weighted by molar-refractivity contribution is 6.16. The molecule has 1 aromatic carbocycles. The van der Waals surface area contributed by atoms with E-state index in [1.165, 1.54) is 5.22 Å². The Morgan fingerprint density at radius 3 is 3.00 bits per heavy atom. The molecule has 0 heterocycles. The van der Waals surface area contributed by atoms with Gasteiger partial charge in [0.25, 0.3) is 0 Å². The molecule has 0 bridgehead atoms. The highest BCUT2D eigenvalue weighted by Gasteiger charge is 2.25. The van der Waals surface area contributed by atoms with Crippen molar-refractivity contribution in [3.63, 3.8) is 0 Å². The maximum absolute atomic E-state index is 12.2. The minimum absolute atomic E-state index is 0.359. The van der Waals surface area contributed by atoms with Crippen molar-refractivity contribution in [3.8, 4) is 0 Å². The van der Waals surface area contributed by atoms with Crippen molar-refractivity contribution < 1.29 is 4.79 Å². The molecule has 0 spiro atoms. The highest BCUT2D eigenvalue weighted by Crippen LogP contribution is 2.30. The van der Waals surface area contributed by atoms with Crippen molar-refractivity contribution in [1.29, 1.82) is 0 Å². The minimum Gasteiger partial charge on any atom is -0.295 e. The molecule has 2 aliphatic carbocycles. The van der Waals surface area contributed by atoms with E-state index in [0.29, 0.717) is 11.7 Å². The van der Waals surface area contributed by atoms with E-state index in [4.69, 9.17) is 0 Å². The summed E-state index contributed by atoms with van der Waals surface area (Å²) in [4.78, 5) is 12.2. The fourth-order valence-corrected chi connectivity index (χ4v) is 2.92. The van der Waals surface area contributed by atoms with Crippen LogP contribution in [0.4, 0.5) is 0 Å². The summed E-state index contributed by atoms with van der Waals surface area (Å²) in [5, 5.41) is 2.34. The van der Waals surface area contributed by atoms with E-state index in [1.54, 1.807) is 0 Å². The van der Waals surface area contributed by atoms with E-state index < -0.39 is 0 Å². The molecule has 1 unspecified atom stereocenters. The Kier molecular flexibility index (Phi) is 2.68. The second-order valence-electron chi connectivity index (χ2n) is 4.84.